The molecule has 0 saturated heterocycles. The van der Waals surface area contributed by atoms with Gasteiger partial charge in [-0.15, -0.1) is 11.3 Å². The van der Waals surface area contributed by atoms with Gasteiger partial charge < -0.3 is 15.2 Å². The number of aromatic nitrogens is 1. The number of carboxylic acids is 1. The molecule has 0 aliphatic heterocycles. The highest BCUT2D eigenvalue weighted by atomic mass is 32.1. The van der Waals surface area contributed by atoms with Crippen molar-refractivity contribution in [3.63, 3.8) is 0 Å². The normalized spacial score (nSPS) is 17.8. The lowest BCUT2D eigenvalue weighted by Crippen LogP contribution is -2.45. The number of ether oxygens (including phenoxy) is 1. The summed E-state index contributed by atoms with van der Waals surface area (Å²) >= 11 is 1.31. The molecule has 1 heterocycles. The van der Waals surface area contributed by atoms with Crippen LogP contribution in [-0.4, -0.2) is 35.3 Å². The molecule has 2 rings (SSSR count). The summed E-state index contributed by atoms with van der Waals surface area (Å²) in [5.41, 5.74) is 1.52. The number of nitrogens with zero attached hydrogens (tertiary/aromatic N) is 1. The van der Waals surface area contributed by atoms with Gasteiger partial charge in [0.1, 0.15) is 5.00 Å². The van der Waals surface area contributed by atoms with Crippen molar-refractivity contribution >= 4 is 22.3 Å². The van der Waals surface area contributed by atoms with Crippen molar-refractivity contribution in [3.05, 3.63) is 11.2 Å². The molecule has 2 N–H and O–H groups in total. The molecule has 1 aliphatic rings. The first kappa shape index (κ1) is 11.3. The summed E-state index contributed by atoms with van der Waals surface area (Å²) in [4.78, 5) is 14.6. The Kier molecular flexibility index (Phi) is 3.11. The fourth-order valence-electron chi connectivity index (χ4n) is 1.79. The number of methoxy groups -OCH3 is 1. The Balaban J connectivity index is 1.99. The number of carbonyl (C=O) groups is 1. The van der Waals surface area contributed by atoms with Gasteiger partial charge in [-0.2, -0.15) is 0 Å². The number of aromatic carboxylic acids is 1. The van der Waals surface area contributed by atoms with E-state index in [-0.39, 0.29) is 11.3 Å². The van der Waals surface area contributed by atoms with Crippen molar-refractivity contribution in [2.75, 3.05) is 19.0 Å². The molecule has 1 aromatic heterocycles. The monoisotopic (exact) mass is 242 g/mol. The summed E-state index contributed by atoms with van der Waals surface area (Å²) in [5.74, 6) is -0.996. The molecule has 0 aromatic carbocycles. The molecule has 0 amide bonds. The predicted octanol–water partition coefficient (Wildman–Crippen LogP) is 1.82. The zero-order valence-corrected chi connectivity index (χ0v) is 9.84. The lowest BCUT2D eigenvalue weighted by molar-refractivity contribution is -0.0600. The molecule has 5 nitrogen and oxygen atoms in total. The van der Waals surface area contributed by atoms with Gasteiger partial charge in [0.25, 0.3) is 0 Å². The molecular weight excluding hydrogens is 228 g/mol. The van der Waals surface area contributed by atoms with Crippen LogP contribution in [0.4, 0.5) is 5.00 Å². The van der Waals surface area contributed by atoms with Crippen LogP contribution in [0, 0.1) is 0 Å². The molecule has 0 unspecified atom stereocenters. The van der Waals surface area contributed by atoms with E-state index < -0.39 is 5.97 Å². The summed E-state index contributed by atoms with van der Waals surface area (Å²) in [6, 6.07) is 0. The molecule has 0 bridgehead atoms. The highest BCUT2D eigenvalue weighted by Gasteiger charge is 2.37. The van der Waals surface area contributed by atoms with Crippen LogP contribution in [0.2, 0.25) is 0 Å². The van der Waals surface area contributed by atoms with E-state index >= 15 is 0 Å². The second-order valence-electron chi connectivity index (χ2n) is 3.93. The van der Waals surface area contributed by atoms with E-state index in [0.29, 0.717) is 11.5 Å². The highest BCUT2D eigenvalue weighted by molar-refractivity contribution is 7.14. The topological polar surface area (TPSA) is 71.5 Å². The summed E-state index contributed by atoms with van der Waals surface area (Å²) in [6.07, 6.45) is 3.22. The SMILES string of the molecule is COC1(CNc2scnc2C(=O)O)CCC1. The van der Waals surface area contributed by atoms with E-state index in [4.69, 9.17) is 9.84 Å². The average Bonchev–Trinajstić information content (AvgIpc) is 2.65. The van der Waals surface area contributed by atoms with Gasteiger partial charge in [-0.25, -0.2) is 9.78 Å². The number of hydrogen-bond acceptors (Lipinski definition) is 5. The maximum absolute atomic E-state index is 10.8. The Hall–Kier alpha value is -1.14. The van der Waals surface area contributed by atoms with Crippen LogP contribution < -0.4 is 5.32 Å². The van der Waals surface area contributed by atoms with Crippen molar-refractivity contribution in [1.29, 1.82) is 0 Å². The lowest BCUT2D eigenvalue weighted by atomic mass is 9.80. The number of thiazole rings is 1. The third kappa shape index (κ3) is 2.03. The molecule has 1 fully saturated rings. The summed E-state index contributed by atoms with van der Waals surface area (Å²) in [7, 11) is 1.70. The van der Waals surface area contributed by atoms with Crippen molar-refractivity contribution < 1.29 is 14.6 Å². The van der Waals surface area contributed by atoms with Crippen molar-refractivity contribution in [3.8, 4) is 0 Å². The molecule has 0 spiro atoms. The maximum Gasteiger partial charge on any atom is 0.357 e. The summed E-state index contributed by atoms with van der Waals surface area (Å²) in [6.45, 7) is 0.645. The Bertz CT molecular complexity index is 382. The zero-order valence-electron chi connectivity index (χ0n) is 9.02. The van der Waals surface area contributed by atoms with Crippen LogP contribution in [0.5, 0.6) is 0 Å². The fourth-order valence-corrected chi connectivity index (χ4v) is 2.46. The zero-order chi connectivity index (χ0) is 11.6. The van der Waals surface area contributed by atoms with Crippen molar-refractivity contribution in [2.24, 2.45) is 0 Å². The van der Waals surface area contributed by atoms with Crippen LogP contribution in [0.1, 0.15) is 29.8 Å². The van der Waals surface area contributed by atoms with E-state index in [0.717, 1.165) is 12.8 Å². The standard InChI is InChI=1S/C10H14N2O3S/c1-15-10(3-2-4-10)5-11-8-7(9(13)14)12-6-16-8/h6,11H,2-5H2,1H3,(H,13,14). The molecule has 16 heavy (non-hydrogen) atoms. The summed E-state index contributed by atoms with van der Waals surface area (Å²) < 4.78 is 5.45. The van der Waals surface area contributed by atoms with E-state index in [2.05, 4.69) is 10.3 Å². The number of rotatable bonds is 5. The molecular formula is C10H14N2O3S. The van der Waals surface area contributed by atoms with Gasteiger partial charge in [0, 0.05) is 13.7 Å². The molecule has 0 radical (unpaired) electrons. The van der Waals surface area contributed by atoms with E-state index in [9.17, 15) is 4.79 Å². The van der Waals surface area contributed by atoms with E-state index in [1.807, 2.05) is 0 Å². The minimum absolute atomic E-state index is 0.0931. The predicted molar refractivity (Wildman–Crippen MR) is 61.2 cm³/mol. The van der Waals surface area contributed by atoms with Gasteiger partial charge >= 0.3 is 5.97 Å². The minimum atomic E-state index is -0.996. The largest absolute Gasteiger partial charge is 0.476 e. The number of anilines is 1. The van der Waals surface area contributed by atoms with Crippen molar-refractivity contribution in [1.82, 2.24) is 4.98 Å². The van der Waals surface area contributed by atoms with Gasteiger partial charge in [0.2, 0.25) is 0 Å². The first-order chi connectivity index (χ1) is 7.67. The quantitative estimate of drug-likeness (QED) is 0.824. The first-order valence-electron chi connectivity index (χ1n) is 5.13. The Morgan fingerprint density at radius 2 is 2.50 bits per heavy atom. The second kappa shape index (κ2) is 4.39. The number of carboxylic acid groups (broad SMARTS) is 1. The van der Waals surface area contributed by atoms with Crippen LogP contribution >= 0.6 is 11.3 Å². The van der Waals surface area contributed by atoms with Crippen LogP contribution in [0.3, 0.4) is 0 Å². The Labute approximate surface area is 97.5 Å². The molecule has 0 atom stereocenters. The smallest absolute Gasteiger partial charge is 0.357 e. The first-order valence-corrected chi connectivity index (χ1v) is 6.01. The van der Waals surface area contributed by atoms with Gasteiger partial charge in [0.05, 0.1) is 11.1 Å². The Morgan fingerprint density at radius 3 is 3.00 bits per heavy atom. The van der Waals surface area contributed by atoms with Gasteiger partial charge in [0.15, 0.2) is 5.69 Å². The van der Waals surface area contributed by atoms with Gasteiger partial charge in [-0.05, 0) is 19.3 Å². The highest BCUT2D eigenvalue weighted by Crippen LogP contribution is 2.35. The van der Waals surface area contributed by atoms with E-state index in [1.165, 1.54) is 23.3 Å². The van der Waals surface area contributed by atoms with Gasteiger partial charge in [-0.1, -0.05) is 0 Å². The van der Waals surface area contributed by atoms with Crippen molar-refractivity contribution in [2.45, 2.75) is 24.9 Å². The molecule has 88 valence electrons. The molecule has 1 aliphatic carbocycles. The van der Waals surface area contributed by atoms with Crippen LogP contribution in [0.25, 0.3) is 0 Å². The third-order valence-corrected chi connectivity index (χ3v) is 3.82. The molecule has 1 saturated carbocycles. The Morgan fingerprint density at radius 1 is 1.75 bits per heavy atom. The average molecular weight is 242 g/mol. The van der Waals surface area contributed by atoms with E-state index in [1.54, 1.807) is 7.11 Å². The second-order valence-corrected chi connectivity index (χ2v) is 4.78. The lowest BCUT2D eigenvalue weighted by Gasteiger charge is -2.40. The number of hydrogen-bond donors (Lipinski definition) is 2. The van der Waals surface area contributed by atoms with Gasteiger partial charge in [-0.3, -0.25) is 0 Å². The van der Waals surface area contributed by atoms with Crippen LogP contribution in [-0.2, 0) is 4.74 Å². The van der Waals surface area contributed by atoms with Crippen LogP contribution in [0.15, 0.2) is 5.51 Å². The maximum atomic E-state index is 10.8. The number of nitrogens with one attached hydrogen (secondary N) is 1. The fraction of sp³-hybridized carbons (Fsp3) is 0.600. The molecule has 6 heteroatoms. The third-order valence-electron chi connectivity index (χ3n) is 3.04. The summed E-state index contributed by atoms with van der Waals surface area (Å²) in [5, 5.41) is 12.6. The molecule has 1 aromatic rings. The minimum Gasteiger partial charge on any atom is -0.476 e.